The molecule has 1 unspecified atom stereocenters. The predicted molar refractivity (Wildman–Crippen MR) is 90.1 cm³/mol. The number of benzene rings is 2. The molecule has 2 aromatic carbocycles. The monoisotopic (exact) mass is 307 g/mol. The zero-order valence-corrected chi connectivity index (χ0v) is 13.8. The fraction of sp³-hybridized carbons (Fsp3) is 0.350. The first kappa shape index (κ1) is 15.4. The van der Waals surface area contributed by atoms with Crippen LogP contribution >= 0.6 is 0 Å². The van der Waals surface area contributed by atoms with Gasteiger partial charge in [-0.25, -0.2) is 0 Å². The molecule has 3 nitrogen and oxygen atoms in total. The van der Waals surface area contributed by atoms with Gasteiger partial charge in [0.15, 0.2) is 11.5 Å². The van der Waals surface area contributed by atoms with Crippen molar-refractivity contribution in [1.82, 2.24) is 0 Å². The third kappa shape index (κ3) is 3.17. The average Bonchev–Trinajstić information content (AvgIpc) is 2.52. The highest BCUT2D eigenvalue weighted by Crippen LogP contribution is 2.33. The van der Waals surface area contributed by atoms with Crippen LogP contribution in [0.5, 0.6) is 11.5 Å². The van der Waals surface area contributed by atoms with E-state index in [0.717, 1.165) is 22.6 Å². The first-order chi connectivity index (χ1) is 11.1. The van der Waals surface area contributed by atoms with Crippen LogP contribution in [0.3, 0.4) is 0 Å². The van der Waals surface area contributed by atoms with Crippen LogP contribution in [0.4, 0.5) is 0 Å². The maximum atomic E-state index is 9.69. The minimum absolute atomic E-state index is 0.154. The van der Waals surface area contributed by atoms with E-state index in [1.807, 2.05) is 18.2 Å². The summed E-state index contributed by atoms with van der Waals surface area (Å²) in [5.74, 6) is 1.41. The molecule has 0 fully saturated rings. The maximum absolute atomic E-state index is 9.69. The number of ether oxygens (including phenoxy) is 2. The molecule has 118 valence electrons. The normalized spacial score (nSPS) is 14.2. The number of hydrogen-bond donors (Lipinski definition) is 0. The van der Waals surface area contributed by atoms with E-state index in [4.69, 9.17) is 9.47 Å². The van der Waals surface area contributed by atoms with Gasteiger partial charge in [0.2, 0.25) is 0 Å². The van der Waals surface area contributed by atoms with E-state index in [0.29, 0.717) is 19.6 Å². The van der Waals surface area contributed by atoms with Gasteiger partial charge in [0.1, 0.15) is 13.2 Å². The highest BCUT2D eigenvalue weighted by atomic mass is 16.6. The van der Waals surface area contributed by atoms with Crippen LogP contribution in [-0.2, 0) is 6.42 Å². The summed E-state index contributed by atoms with van der Waals surface area (Å²) in [5.41, 5.74) is 5.85. The number of hydrogen-bond acceptors (Lipinski definition) is 3. The molecular formula is C20H21NO2. The van der Waals surface area contributed by atoms with Gasteiger partial charge in [-0.3, -0.25) is 0 Å². The Kier molecular flexibility index (Phi) is 4.25. The van der Waals surface area contributed by atoms with Crippen molar-refractivity contribution in [2.75, 3.05) is 13.2 Å². The molecule has 1 aliphatic heterocycles. The molecule has 0 spiro atoms. The summed E-state index contributed by atoms with van der Waals surface area (Å²) in [5, 5.41) is 9.69. The van der Waals surface area contributed by atoms with Crippen LogP contribution in [0.25, 0.3) is 0 Å². The van der Waals surface area contributed by atoms with Gasteiger partial charge in [-0.15, -0.1) is 0 Å². The first-order valence-corrected chi connectivity index (χ1v) is 7.94. The Hall–Kier alpha value is -2.47. The Labute approximate surface area is 137 Å². The predicted octanol–water partition coefficient (Wildman–Crippen LogP) is 4.23. The van der Waals surface area contributed by atoms with Crippen molar-refractivity contribution in [3.05, 3.63) is 58.1 Å². The first-order valence-electron chi connectivity index (χ1n) is 7.94. The van der Waals surface area contributed by atoms with Crippen molar-refractivity contribution < 1.29 is 9.47 Å². The molecule has 1 aliphatic rings. The zero-order valence-electron chi connectivity index (χ0n) is 13.8. The number of aryl methyl sites for hydroxylation is 3. The summed E-state index contributed by atoms with van der Waals surface area (Å²) in [4.78, 5) is 0. The van der Waals surface area contributed by atoms with Crippen LogP contribution in [0.2, 0.25) is 0 Å². The van der Waals surface area contributed by atoms with Crippen molar-refractivity contribution in [3.8, 4) is 17.6 Å². The van der Waals surface area contributed by atoms with E-state index in [9.17, 15) is 5.26 Å². The second-order valence-corrected chi connectivity index (χ2v) is 6.18. The molecular weight excluding hydrogens is 286 g/mol. The third-order valence-corrected chi connectivity index (χ3v) is 4.29. The van der Waals surface area contributed by atoms with Crippen LogP contribution in [0.1, 0.15) is 33.7 Å². The Balaban J connectivity index is 1.90. The van der Waals surface area contributed by atoms with Crippen molar-refractivity contribution >= 4 is 0 Å². The van der Waals surface area contributed by atoms with Crippen LogP contribution in [-0.4, -0.2) is 13.2 Å². The van der Waals surface area contributed by atoms with Crippen molar-refractivity contribution in [3.63, 3.8) is 0 Å². The summed E-state index contributed by atoms with van der Waals surface area (Å²) >= 11 is 0. The van der Waals surface area contributed by atoms with E-state index in [2.05, 4.69) is 39.0 Å². The molecule has 1 heterocycles. The number of fused-ring (bicyclic) bond motifs is 1. The van der Waals surface area contributed by atoms with Gasteiger partial charge in [-0.1, -0.05) is 23.8 Å². The molecule has 0 saturated carbocycles. The molecule has 3 heteroatoms. The van der Waals surface area contributed by atoms with Gasteiger partial charge >= 0.3 is 0 Å². The van der Waals surface area contributed by atoms with E-state index in [1.54, 1.807) is 0 Å². The molecule has 0 radical (unpaired) electrons. The minimum atomic E-state index is -0.154. The lowest BCUT2D eigenvalue weighted by Crippen LogP contribution is -2.15. The lowest BCUT2D eigenvalue weighted by Gasteiger charge is -2.20. The molecule has 0 aromatic heterocycles. The number of rotatable bonds is 3. The highest BCUT2D eigenvalue weighted by molar-refractivity contribution is 5.46. The van der Waals surface area contributed by atoms with Gasteiger partial charge in [0, 0.05) is 0 Å². The molecule has 0 aliphatic carbocycles. The SMILES string of the molecule is Cc1cc(C)c(C(C#N)Cc2ccc3c(c2)OCCO3)c(C)c1. The molecule has 3 rings (SSSR count). The molecule has 0 N–H and O–H groups in total. The lowest BCUT2D eigenvalue weighted by atomic mass is 9.86. The van der Waals surface area contributed by atoms with Gasteiger partial charge < -0.3 is 9.47 Å². The number of nitriles is 1. The summed E-state index contributed by atoms with van der Waals surface area (Å²) in [6.07, 6.45) is 0.678. The van der Waals surface area contributed by atoms with E-state index >= 15 is 0 Å². The number of nitrogens with zero attached hydrogens (tertiary/aromatic N) is 1. The molecule has 1 atom stereocenters. The van der Waals surface area contributed by atoms with Gasteiger partial charge in [0.05, 0.1) is 12.0 Å². The molecule has 0 bridgehead atoms. The van der Waals surface area contributed by atoms with Crippen LogP contribution in [0.15, 0.2) is 30.3 Å². The summed E-state index contributed by atoms with van der Waals surface area (Å²) < 4.78 is 11.2. The molecule has 0 saturated heterocycles. The maximum Gasteiger partial charge on any atom is 0.161 e. The molecule has 0 amide bonds. The lowest BCUT2D eigenvalue weighted by molar-refractivity contribution is 0.171. The van der Waals surface area contributed by atoms with Crippen molar-refractivity contribution in [2.24, 2.45) is 0 Å². The van der Waals surface area contributed by atoms with Crippen molar-refractivity contribution in [2.45, 2.75) is 33.1 Å². The Morgan fingerprint density at radius 3 is 2.30 bits per heavy atom. The summed E-state index contributed by atoms with van der Waals surface area (Å²) in [6.45, 7) is 7.43. The van der Waals surface area contributed by atoms with E-state index < -0.39 is 0 Å². The Morgan fingerprint density at radius 2 is 1.65 bits per heavy atom. The minimum Gasteiger partial charge on any atom is -0.486 e. The second kappa shape index (κ2) is 6.34. The zero-order chi connectivity index (χ0) is 16.4. The Morgan fingerprint density at radius 1 is 1.00 bits per heavy atom. The Bertz CT molecular complexity index is 751. The molecule has 2 aromatic rings. The largest absolute Gasteiger partial charge is 0.486 e. The van der Waals surface area contributed by atoms with Gasteiger partial charge in [-0.2, -0.15) is 5.26 Å². The summed E-state index contributed by atoms with van der Waals surface area (Å²) in [7, 11) is 0. The van der Waals surface area contributed by atoms with Gasteiger partial charge in [0.25, 0.3) is 0 Å². The standard InChI is InChI=1S/C20H21NO2/c1-13-8-14(2)20(15(3)9-13)17(12-21)10-16-4-5-18-19(11-16)23-7-6-22-18/h4-5,8-9,11,17H,6-7,10H2,1-3H3. The van der Waals surface area contributed by atoms with Gasteiger partial charge in [-0.05, 0) is 61.6 Å². The topological polar surface area (TPSA) is 42.2 Å². The second-order valence-electron chi connectivity index (χ2n) is 6.18. The quantitative estimate of drug-likeness (QED) is 0.852. The third-order valence-electron chi connectivity index (χ3n) is 4.29. The highest BCUT2D eigenvalue weighted by Gasteiger charge is 2.19. The fourth-order valence-corrected chi connectivity index (χ4v) is 3.40. The van der Waals surface area contributed by atoms with Crippen molar-refractivity contribution in [1.29, 1.82) is 5.26 Å². The smallest absolute Gasteiger partial charge is 0.161 e. The fourth-order valence-electron chi connectivity index (χ4n) is 3.40. The van der Waals surface area contributed by atoms with E-state index in [1.165, 1.54) is 16.7 Å². The molecule has 23 heavy (non-hydrogen) atoms. The summed E-state index contributed by atoms with van der Waals surface area (Å²) in [6, 6.07) is 12.7. The average molecular weight is 307 g/mol. The van der Waals surface area contributed by atoms with Crippen LogP contribution < -0.4 is 9.47 Å². The van der Waals surface area contributed by atoms with E-state index in [-0.39, 0.29) is 5.92 Å². The van der Waals surface area contributed by atoms with Crippen LogP contribution in [0, 0.1) is 32.1 Å².